The fourth-order valence-electron chi connectivity index (χ4n) is 1.48. The van der Waals surface area contributed by atoms with Crippen molar-refractivity contribution in [3.63, 3.8) is 0 Å². The maximum Gasteiger partial charge on any atom is 0.238 e. The van der Waals surface area contributed by atoms with Gasteiger partial charge in [-0.05, 0) is 12.8 Å². The minimum absolute atomic E-state index is 0.157. The molecule has 0 aromatic carbocycles. The van der Waals surface area contributed by atoms with Crippen LogP contribution in [0.4, 0.5) is 0 Å². The molecule has 1 aromatic heterocycles. The second-order valence-electron chi connectivity index (χ2n) is 3.43. The Hall–Kier alpha value is -1.23. The number of Topliss-reactive ketones (excluding diaryl/α,β-unsaturated/α-hetero) is 1. The zero-order chi connectivity index (χ0) is 9.97. The summed E-state index contributed by atoms with van der Waals surface area (Å²) in [4.78, 5) is 15.0. The van der Waals surface area contributed by atoms with E-state index < -0.39 is 0 Å². The molecule has 2 heterocycles. The summed E-state index contributed by atoms with van der Waals surface area (Å²) in [6.07, 6.45) is 1.99. The zero-order valence-corrected chi connectivity index (χ0v) is 8.02. The van der Waals surface area contributed by atoms with Crippen LogP contribution in [-0.4, -0.2) is 29.1 Å². The number of ketones is 1. The molecule has 0 aliphatic carbocycles. The number of carbonyl (C=O) groups excluding carboxylic acids is 1. The topological polar surface area (TPSA) is 65.2 Å². The van der Waals surface area contributed by atoms with E-state index in [1.54, 1.807) is 0 Å². The zero-order valence-electron chi connectivity index (χ0n) is 8.02. The number of nitrogens with zero attached hydrogens (tertiary/aromatic N) is 2. The Balaban J connectivity index is 2.11. The monoisotopic (exact) mass is 196 g/mol. The molecule has 0 amide bonds. The molecule has 1 aliphatic rings. The molecule has 1 aromatic rings. The molecular formula is C9H12N2O3. The van der Waals surface area contributed by atoms with Gasteiger partial charge in [-0.3, -0.25) is 4.79 Å². The second-order valence-corrected chi connectivity index (χ2v) is 3.43. The summed E-state index contributed by atoms with van der Waals surface area (Å²) >= 11 is 0. The lowest BCUT2D eigenvalue weighted by molar-refractivity contribution is 0.0705. The standard InChI is InChI=1S/C9H12N2O3/c1-6(12)8-10-9(14-11-8)7-3-2-4-13-5-7/h7H,2-5H2,1H3. The molecule has 0 spiro atoms. The predicted molar refractivity (Wildman–Crippen MR) is 47.1 cm³/mol. The molecule has 1 saturated heterocycles. The number of hydrogen-bond donors (Lipinski definition) is 0. The first kappa shape index (κ1) is 9.33. The molecule has 0 saturated carbocycles. The number of hydrogen-bond acceptors (Lipinski definition) is 5. The maximum atomic E-state index is 10.9. The van der Waals surface area contributed by atoms with E-state index in [0.29, 0.717) is 12.5 Å². The van der Waals surface area contributed by atoms with Gasteiger partial charge < -0.3 is 9.26 Å². The first-order valence-electron chi connectivity index (χ1n) is 4.69. The van der Waals surface area contributed by atoms with E-state index >= 15 is 0 Å². The molecule has 76 valence electrons. The van der Waals surface area contributed by atoms with Gasteiger partial charge in [0.15, 0.2) is 0 Å². The van der Waals surface area contributed by atoms with E-state index in [1.807, 2.05) is 0 Å². The normalized spacial score (nSPS) is 22.2. The van der Waals surface area contributed by atoms with Crippen molar-refractivity contribution in [3.8, 4) is 0 Å². The summed E-state index contributed by atoms with van der Waals surface area (Å²) in [5.41, 5.74) is 0. The van der Waals surface area contributed by atoms with Crippen LogP contribution in [0.5, 0.6) is 0 Å². The highest BCUT2D eigenvalue weighted by Crippen LogP contribution is 2.23. The average Bonchev–Trinajstić information content (AvgIpc) is 2.68. The van der Waals surface area contributed by atoms with Crippen molar-refractivity contribution < 1.29 is 14.1 Å². The van der Waals surface area contributed by atoms with Crippen LogP contribution in [0.15, 0.2) is 4.52 Å². The van der Waals surface area contributed by atoms with Crippen molar-refractivity contribution >= 4 is 5.78 Å². The van der Waals surface area contributed by atoms with Crippen molar-refractivity contribution in [2.75, 3.05) is 13.2 Å². The van der Waals surface area contributed by atoms with Crippen molar-refractivity contribution in [2.24, 2.45) is 0 Å². The van der Waals surface area contributed by atoms with E-state index in [1.165, 1.54) is 6.92 Å². The van der Waals surface area contributed by atoms with Crippen LogP contribution in [-0.2, 0) is 4.74 Å². The third-order valence-electron chi connectivity index (χ3n) is 2.27. The quantitative estimate of drug-likeness (QED) is 0.664. The van der Waals surface area contributed by atoms with Crippen LogP contribution < -0.4 is 0 Å². The predicted octanol–water partition coefficient (Wildman–Crippen LogP) is 1.17. The van der Waals surface area contributed by atoms with Crippen LogP contribution in [0.1, 0.15) is 42.2 Å². The minimum atomic E-state index is -0.170. The van der Waals surface area contributed by atoms with E-state index in [0.717, 1.165) is 19.4 Å². The number of ether oxygens (including phenoxy) is 1. The summed E-state index contributed by atoms with van der Waals surface area (Å²) < 4.78 is 10.3. The summed E-state index contributed by atoms with van der Waals surface area (Å²) in [7, 11) is 0. The Morgan fingerprint density at radius 3 is 3.00 bits per heavy atom. The Labute approximate surface area is 81.4 Å². The average molecular weight is 196 g/mol. The van der Waals surface area contributed by atoms with E-state index in [2.05, 4.69) is 10.1 Å². The first-order chi connectivity index (χ1) is 6.77. The fourth-order valence-corrected chi connectivity index (χ4v) is 1.48. The van der Waals surface area contributed by atoms with Gasteiger partial charge in [-0.15, -0.1) is 0 Å². The summed E-state index contributed by atoms with van der Waals surface area (Å²) in [6.45, 7) is 2.83. The van der Waals surface area contributed by atoms with Gasteiger partial charge in [0, 0.05) is 13.5 Å². The van der Waals surface area contributed by atoms with Gasteiger partial charge >= 0.3 is 0 Å². The van der Waals surface area contributed by atoms with Gasteiger partial charge in [0.2, 0.25) is 17.5 Å². The largest absolute Gasteiger partial charge is 0.381 e. The van der Waals surface area contributed by atoms with E-state index in [-0.39, 0.29) is 17.5 Å². The van der Waals surface area contributed by atoms with Crippen LogP contribution in [0, 0.1) is 0 Å². The van der Waals surface area contributed by atoms with Crippen molar-refractivity contribution in [3.05, 3.63) is 11.7 Å². The van der Waals surface area contributed by atoms with Crippen LogP contribution >= 0.6 is 0 Å². The summed E-state index contributed by atoms with van der Waals surface area (Å²) in [5, 5.41) is 3.60. The Morgan fingerprint density at radius 2 is 2.43 bits per heavy atom. The summed E-state index contributed by atoms with van der Waals surface area (Å²) in [6, 6.07) is 0. The van der Waals surface area contributed by atoms with E-state index in [9.17, 15) is 4.79 Å². The SMILES string of the molecule is CC(=O)c1noc(C2CCCOC2)n1. The maximum absolute atomic E-state index is 10.9. The van der Waals surface area contributed by atoms with Gasteiger partial charge in [-0.25, -0.2) is 0 Å². The van der Waals surface area contributed by atoms with Crippen LogP contribution in [0.2, 0.25) is 0 Å². The third kappa shape index (κ3) is 1.82. The lowest BCUT2D eigenvalue weighted by Crippen LogP contribution is -2.15. The van der Waals surface area contributed by atoms with Gasteiger partial charge in [-0.2, -0.15) is 4.98 Å². The molecule has 0 bridgehead atoms. The van der Waals surface area contributed by atoms with Gasteiger partial charge in [0.1, 0.15) is 0 Å². The fraction of sp³-hybridized carbons (Fsp3) is 0.667. The second kappa shape index (κ2) is 3.88. The van der Waals surface area contributed by atoms with Gasteiger partial charge in [-0.1, -0.05) is 5.16 Å². The molecule has 1 atom stereocenters. The smallest absolute Gasteiger partial charge is 0.238 e. The molecule has 1 aliphatic heterocycles. The lowest BCUT2D eigenvalue weighted by Gasteiger charge is -2.17. The van der Waals surface area contributed by atoms with Crippen molar-refractivity contribution in [1.82, 2.24) is 10.1 Å². The number of rotatable bonds is 2. The molecule has 0 radical (unpaired) electrons. The van der Waals surface area contributed by atoms with Gasteiger partial charge in [0.05, 0.1) is 12.5 Å². The number of carbonyl (C=O) groups is 1. The molecule has 5 nitrogen and oxygen atoms in total. The molecule has 5 heteroatoms. The first-order valence-corrected chi connectivity index (χ1v) is 4.69. The van der Waals surface area contributed by atoms with Crippen LogP contribution in [0.3, 0.4) is 0 Å². The van der Waals surface area contributed by atoms with Crippen molar-refractivity contribution in [1.29, 1.82) is 0 Å². The van der Waals surface area contributed by atoms with E-state index in [4.69, 9.17) is 9.26 Å². The Bertz CT molecular complexity index is 329. The molecule has 0 N–H and O–H groups in total. The third-order valence-corrected chi connectivity index (χ3v) is 2.27. The van der Waals surface area contributed by atoms with Crippen LogP contribution in [0.25, 0.3) is 0 Å². The molecule has 1 fully saturated rings. The lowest BCUT2D eigenvalue weighted by atomic mass is 10.0. The van der Waals surface area contributed by atoms with Crippen molar-refractivity contribution in [2.45, 2.75) is 25.7 Å². The van der Waals surface area contributed by atoms with Gasteiger partial charge in [0.25, 0.3) is 0 Å². The number of aromatic nitrogens is 2. The molecule has 1 unspecified atom stereocenters. The molecular weight excluding hydrogens is 184 g/mol. The molecule has 2 rings (SSSR count). The molecule has 14 heavy (non-hydrogen) atoms. The minimum Gasteiger partial charge on any atom is -0.381 e. The highest BCUT2D eigenvalue weighted by molar-refractivity contribution is 5.89. The highest BCUT2D eigenvalue weighted by atomic mass is 16.5. The Morgan fingerprint density at radius 1 is 1.57 bits per heavy atom. The highest BCUT2D eigenvalue weighted by Gasteiger charge is 2.22. The Kier molecular flexibility index (Phi) is 2.58. The summed E-state index contributed by atoms with van der Waals surface area (Å²) in [5.74, 6) is 0.668.